The summed E-state index contributed by atoms with van der Waals surface area (Å²) in [5, 5.41) is 3.50. The maximum absolute atomic E-state index is 5.41. The Hall–Kier alpha value is -0.120. The second kappa shape index (κ2) is 12.9. The molecule has 0 aromatic carbocycles. The molecule has 0 aliphatic heterocycles. The zero-order valence-electron chi connectivity index (χ0n) is 11.3. The first-order valence-electron chi connectivity index (χ1n) is 6.61. The van der Waals surface area contributed by atoms with Crippen LogP contribution in [0.1, 0.15) is 46.0 Å². The molecule has 0 aromatic rings. The highest BCUT2D eigenvalue weighted by molar-refractivity contribution is 4.59. The normalized spacial score (nSPS) is 12.9. The molecule has 0 aliphatic carbocycles. The van der Waals surface area contributed by atoms with E-state index in [1.807, 2.05) is 0 Å². The Labute approximate surface area is 101 Å². The molecule has 3 nitrogen and oxygen atoms in total. The lowest BCUT2D eigenvalue weighted by molar-refractivity contribution is 0.0685. The summed E-state index contributed by atoms with van der Waals surface area (Å²) >= 11 is 0. The summed E-state index contributed by atoms with van der Waals surface area (Å²) in [4.78, 5) is 0. The zero-order valence-corrected chi connectivity index (χ0v) is 11.3. The predicted octanol–water partition coefficient (Wildman–Crippen LogP) is 2.60. The summed E-state index contributed by atoms with van der Waals surface area (Å²) in [6.07, 6.45) is 6.23. The topological polar surface area (TPSA) is 30.5 Å². The first kappa shape index (κ1) is 15.9. The molecule has 0 heterocycles. The van der Waals surface area contributed by atoms with Crippen LogP contribution in [0, 0.1) is 0 Å². The fourth-order valence-corrected chi connectivity index (χ4v) is 1.57. The third-order valence-corrected chi connectivity index (χ3v) is 2.60. The second-order valence-corrected chi connectivity index (χ2v) is 4.31. The molecule has 0 spiro atoms. The van der Waals surface area contributed by atoms with E-state index in [-0.39, 0.29) is 0 Å². The van der Waals surface area contributed by atoms with Crippen molar-refractivity contribution in [3.8, 4) is 0 Å². The number of hydrogen-bond donors (Lipinski definition) is 1. The number of hydrogen-bond acceptors (Lipinski definition) is 3. The van der Waals surface area contributed by atoms with Crippen LogP contribution in [0.25, 0.3) is 0 Å². The Morgan fingerprint density at radius 3 is 2.56 bits per heavy atom. The van der Waals surface area contributed by atoms with Gasteiger partial charge in [-0.15, -0.1) is 0 Å². The van der Waals surface area contributed by atoms with Gasteiger partial charge in [-0.2, -0.15) is 0 Å². The summed E-state index contributed by atoms with van der Waals surface area (Å²) in [6.45, 7) is 7.92. The first-order chi connectivity index (χ1) is 7.81. The number of methoxy groups -OCH3 is 1. The van der Waals surface area contributed by atoms with Crippen LogP contribution in [0.3, 0.4) is 0 Å². The van der Waals surface area contributed by atoms with Gasteiger partial charge in [-0.3, -0.25) is 0 Å². The lowest BCUT2D eigenvalue weighted by atomic mass is 10.1. The Kier molecular flexibility index (Phi) is 12.9. The summed E-state index contributed by atoms with van der Waals surface area (Å²) in [5.74, 6) is 0. The van der Waals surface area contributed by atoms with Gasteiger partial charge in [0.25, 0.3) is 0 Å². The van der Waals surface area contributed by atoms with E-state index in [2.05, 4.69) is 19.2 Å². The second-order valence-electron chi connectivity index (χ2n) is 4.31. The highest BCUT2D eigenvalue weighted by Crippen LogP contribution is 2.03. The van der Waals surface area contributed by atoms with Crippen molar-refractivity contribution in [3.63, 3.8) is 0 Å². The lowest BCUT2D eigenvalue weighted by Crippen LogP contribution is -2.26. The van der Waals surface area contributed by atoms with Crippen molar-refractivity contribution in [2.45, 2.75) is 52.0 Å². The molecule has 0 saturated carbocycles. The molecule has 0 saturated heterocycles. The molecule has 1 unspecified atom stereocenters. The van der Waals surface area contributed by atoms with E-state index in [1.165, 1.54) is 32.1 Å². The van der Waals surface area contributed by atoms with E-state index < -0.39 is 0 Å². The SMILES string of the molecule is CCCNC(C)CCCCCOCCOC. The van der Waals surface area contributed by atoms with Crippen molar-refractivity contribution >= 4 is 0 Å². The maximum Gasteiger partial charge on any atom is 0.0700 e. The fourth-order valence-electron chi connectivity index (χ4n) is 1.57. The van der Waals surface area contributed by atoms with Gasteiger partial charge in [-0.25, -0.2) is 0 Å². The van der Waals surface area contributed by atoms with Crippen molar-refractivity contribution in [2.24, 2.45) is 0 Å². The molecule has 0 aliphatic rings. The average molecular weight is 231 g/mol. The molecular formula is C13H29NO2. The van der Waals surface area contributed by atoms with Gasteiger partial charge in [0, 0.05) is 19.8 Å². The first-order valence-corrected chi connectivity index (χ1v) is 6.61. The Balaban J connectivity index is 3.02. The van der Waals surface area contributed by atoms with Crippen molar-refractivity contribution in [3.05, 3.63) is 0 Å². The van der Waals surface area contributed by atoms with Crippen LogP contribution in [-0.4, -0.2) is 39.5 Å². The fraction of sp³-hybridized carbons (Fsp3) is 1.00. The molecule has 3 heteroatoms. The van der Waals surface area contributed by atoms with Crippen LogP contribution in [0.2, 0.25) is 0 Å². The van der Waals surface area contributed by atoms with Crippen molar-refractivity contribution in [2.75, 3.05) is 33.5 Å². The van der Waals surface area contributed by atoms with Gasteiger partial charge in [0.05, 0.1) is 13.2 Å². The smallest absolute Gasteiger partial charge is 0.0700 e. The van der Waals surface area contributed by atoms with E-state index in [0.29, 0.717) is 12.6 Å². The summed E-state index contributed by atoms with van der Waals surface area (Å²) < 4.78 is 10.3. The van der Waals surface area contributed by atoms with E-state index in [1.54, 1.807) is 7.11 Å². The van der Waals surface area contributed by atoms with Crippen LogP contribution in [0.5, 0.6) is 0 Å². The van der Waals surface area contributed by atoms with Crippen molar-refractivity contribution in [1.29, 1.82) is 0 Å². The van der Waals surface area contributed by atoms with Crippen LogP contribution < -0.4 is 5.32 Å². The Bertz CT molecular complexity index is 131. The third-order valence-electron chi connectivity index (χ3n) is 2.60. The molecule has 0 amide bonds. The van der Waals surface area contributed by atoms with Crippen molar-refractivity contribution in [1.82, 2.24) is 5.32 Å². The lowest BCUT2D eigenvalue weighted by Gasteiger charge is -2.12. The van der Waals surface area contributed by atoms with Gasteiger partial charge < -0.3 is 14.8 Å². The number of nitrogens with one attached hydrogen (secondary N) is 1. The monoisotopic (exact) mass is 231 g/mol. The Morgan fingerprint density at radius 2 is 1.88 bits per heavy atom. The van der Waals surface area contributed by atoms with E-state index in [0.717, 1.165) is 19.8 Å². The zero-order chi connectivity index (χ0) is 12.1. The van der Waals surface area contributed by atoms with E-state index in [9.17, 15) is 0 Å². The van der Waals surface area contributed by atoms with Crippen molar-refractivity contribution < 1.29 is 9.47 Å². The molecular weight excluding hydrogens is 202 g/mol. The summed E-state index contributed by atoms with van der Waals surface area (Å²) in [6, 6.07) is 0.661. The van der Waals surface area contributed by atoms with Gasteiger partial charge >= 0.3 is 0 Å². The molecule has 1 N–H and O–H groups in total. The quantitative estimate of drug-likeness (QED) is 0.524. The number of rotatable bonds is 12. The number of ether oxygens (including phenoxy) is 2. The third kappa shape index (κ3) is 12.0. The van der Waals surface area contributed by atoms with Crippen LogP contribution in [0.4, 0.5) is 0 Å². The largest absolute Gasteiger partial charge is 0.382 e. The van der Waals surface area contributed by atoms with Gasteiger partial charge in [0.15, 0.2) is 0 Å². The van der Waals surface area contributed by atoms with Gasteiger partial charge in [0.1, 0.15) is 0 Å². The minimum atomic E-state index is 0.661. The molecule has 0 fully saturated rings. The standard InChI is InChI=1S/C13H29NO2/c1-4-9-14-13(2)8-6-5-7-10-16-12-11-15-3/h13-14H,4-12H2,1-3H3. The summed E-state index contributed by atoms with van der Waals surface area (Å²) in [7, 11) is 1.70. The molecule has 0 radical (unpaired) electrons. The minimum Gasteiger partial charge on any atom is -0.382 e. The van der Waals surface area contributed by atoms with E-state index in [4.69, 9.17) is 9.47 Å². The van der Waals surface area contributed by atoms with Crippen LogP contribution in [0.15, 0.2) is 0 Å². The number of unbranched alkanes of at least 4 members (excludes halogenated alkanes) is 2. The van der Waals surface area contributed by atoms with Crippen LogP contribution >= 0.6 is 0 Å². The van der Waals surface area contributed by atoms with Gasteiger partial charge in [0.2, 0.25) is 0 Å². The van der Waals surface area contributed by atoms with Crippen LogP contribution in [-0.2, 0) is 9.47 Å². The average Bonchev–Trinajstić information content (AvgIpc) is 2.30. The summed E-state index contributed by atoms with van der Waals surface area (Å²) in [5.41, 5.74) is 0. The molecule has 98 valence electrons. The molecule has 0 bridgehead atoms. The molecule has 1 atom stereocenters. The Morgan fingerprint density at radius 1 is 1.06 bits per heavy atom. The predicted molar refractivity (Wildman–Crippen MR) is 68.9 cm³/mol. The highest BCUT2D eigenvalue weighted by atomic mass is 16.5. The van der Waals surface area contributed by atoms with Gasteiger partial charge in [-0.1, -0.05) is 19.8 Å². The minimum absolute atomic E-state index is 0.661. The molecule has 16 heavy (non-hydrogen) atoms. The highest BCUT2D eigenvalue weighted by Gasteiger charge is 1.99. The van der Waals surface area contributed by atoms with E-state index >= 15 is 0 Å². The molecule has 0 aromatic heterocycles. The molecule has 0 rings (SSSR count). The van der Waals surface area contributed by atoms with Gasteiger partial charge in [-0.05, 0) is 32.7 Å². The maximum atomic E-state index is 5.41.